The van der Waals surface area contributed by atoms with E-state index >= 15 is 0 Å². The van der Waals surface area contributed by atoms with E-state index in [0.29, 0.717) is 17.0 Å². The van der Waals surface area contributed by atoms with Crippen LogP contribution in [-0.2, 0) is 6.54 Å². The molecule has 0 bridgehead atoms. The third-order valence-corrected chi connectivity index (χ3v) is 5.45. The summed E-state index contributed by atoms with van der Waals surface area (Å²) in [5, 5.41) is 18.0. The summed E-state index contributed by atoms with van der Waals surface area (Å²) in [5.41, 5.74) is 2.46. The van der Waals surface area contributed by atoms with E-state index in [2.05, 4.69) is 10.4 Å². The second-order valence-electron chi connectivity index (χ2n) is 7.76. The lowest BCUT2D eigenvalue weighted by Crippen LogP contribution is -2.14. The molecule has 0 saturated heterocycles. The van der Waals surface area contributed by atoms with Crippen molar-refractivity contribution >= 4 is 17.3 Å². The molecule has 4 rings (SSSR count). The van der Waals surface area contributed by atoms with Gasteiger partial charge in [0.15, 0.2) is 0 Å². The third-order valence-electron chi connectivity index (χ3n) is 5.45. The number of nitrogens with zero attached hydrogens (tertiary/aromatic N) is 3. The highest BCUT2D eigenvalue weighted by Crippen LogP contribution is 2.32. The largest absolute Gasteiger partial charge is 0.319 e. The Morgan fingerprint density at radius 3 is 2.35 bits per heavy atom. The number of aromatic nitrogens is 2. The molecule has 3 aromatic carbocycles. The first-order chi connectivity index (χ1) is 16.2. The molecule has 1 N–H and O–H groups in total. The minimum atomic E-state index is -0.880. The van der Waals surface area contributed by atoms with Crippen molar-refractivity contribution in [2.75, 3.05) is 5.32 Å². The Balaban J connectivity index is 1.56. The number of rotatable bonds is 6. The monoisotopic (exact) mass is 462 g/mol. The summed E-state index contributed by atoms with van der Waals surface area (Å²) in [5.74, 6) is -2.19. The molecule has 9 heteroatoms. The first-order valence-electron chi connectivity index (χ1n) is 10.4. The van der Waals surface area contributed by atoms with Gasteiger partial charge in [0, 0.05) is 17.2 Å². The Labute approximate surface area is 193 Å². The van der Waals surface area contributed by atoms with Crippen molar-refractivity contribution in [2.24, 2.45) is 0 Å². The van der Waals surface area contributed by atoms with Crippen molar-refractivity contribution in [3.05, 3.63) is 111 Å². The Bertz CT molecular complexity index is 1380. The quantitative estimate of drug-likeness (QED) is 0.296. The van der Waals surface area contributed by atoms with Crippen LogP contribution in [0.25, 0.3) is 11.1 Å². The molecule has 34 heavy (non-hydrogen) atoms. The Morgan fingerprint density at radius 2 is 1.74 bits per heavy atom. The second-order valence-corrected chi connectivity index (χ2v) is 7.76. The summed E-state index contributed by atoms with van der Waals surface area (Å²) < 4.78 is 30.0. The smallest absolute Gasteiger partial charge is 0.312 e. The van der Waals surface area contributed by atoms with Gasteiger partial charge in [-0.2, -0.15) is 5.10 Å². The molecule has 0 aliphatic heterocycles. The van der Waals surface area contributed by atoms with Gasteiger partial charge in [0.2, 0.25) is 0 Å². The number of hydrogen-bond donors (Lipinski definition) is 1. The number of anilines is 1. The molecule has 0 saturated carbocycles. The fourth-order valence-corrected chi connectivity index (χ4v) is 3.77. The Hall–Kier alpha value is -4.40. The van der Waals surface area contributed by atoms with Crippen molar-refractivity contribution in [2.45, 2.75) is 20.4 Å². The zero-order valence-electron chi connectivity index (χ0n) is 18.4. The van der Waals surface area contributed by atoms with Gasteiger partial charge >= 0.3 is 5.69 Å². The number of aryl methyl sites for hydroxylation is 1. The van der Waals surface area contributed by atoms with Gasteiger partial charge in [0.05, 0.1) is 17.2 Å². The van der Waals surface area contributed by atoms with Crippen LogP contribution in [0.15, 0.2) is 66.7 Å². The van der Waals surface area contributed by atoms with Crippen LogP contribution in [0.4, 0.5) is 20.2 Å². The first-order valence-corrected chi connectivity index (χ1v) is 10.4. The van der Waals surface area contributed by atoms with Gasteiger partial charge in [-0.05, 0) is 43.2 Å². The number of hydrogen-bond acceptors (Lipinski definition) is 4. The Kier molecular flexibility index (Phi) is 6.18. The summed E-state index contributed by atoms with van der Waals surface area (Å²) in [6.07, 6.45) is 0. The van der Waals surface area contributed by atoms with Crippen LogP contribution in [0.1, 0.15) is 27.3 Å². The minimum absolute atomic E-state index is 0.0217. The van der Waals surface area contributed by atoms with Gasteiger partial charge in [0.1, 0.15) is 23.0 Å². The molecule has 4 aromatic rings. The fraction of sp³-hybridized carbons (Fsp3) is 0.120. The number of nitrogens with one attached hydrogen (secondary N) is 1. The highest BCUT2D eigenvalue weighted by atomic mass is 19.1. The highest BCUT2D eigenvalue weighted by Gasteiger charge is 2.22. The number of carbonyl (C=O) groups excluding carboxylic acids is 1. The molecule has 1 amide bonds. The third kappa shape index (κ3) is 4.54. The lowest BCUT2D eigenvalue weighted by molar-refractivity contribution is -0.386. The summed E-state index contributed by atoms with van der Waals surface area (Å²) in [4.78, 5) is 23.6. The molecular weight excluding hydrogens is 442 g/mol. The standard InChI is InChI=1S/C25H20F2N4O3/c1-15-24(31(33)34)16(2)30(29-15)14-17-8-10-19(11-9-17)25(32)28-23-21(12-20(26)13-22(23)27)18-6-4-3-5-7-18/h3-13H,14H2,1-2H3,(H,28,32). The van der Waals surface area contributed by atoms with Gasteiger partial charge < -0.3 is 5.32 Å². The highest BCUT2D eigenvalue weighted by molar-refractivity contribution is 6.06. The molecule has 7 nitrogen and oxygen atoms in total. The molecule has 0 spiro atoms. The van der Waals surface area contributed by atoms with Crippen LogP contribution in [0.3, 0.4) is 0 Å². The molecule has 0 aliphatic rings. The molecule has 0 unspecified atom stereocenters. The lowest BCUT2D eigenvalue weighted by Gasteiger charge is -2.13. The molecule has 1 heterocycles. The van der Waals surface area contributed by atoms with E-state index < -0.39 is 22.5 Å². The zero-order chi connectivity index (χ0) is 24.4. The van der Waals surface area contributed by atoms with Gasteiger partial charge in [0.25, 0.3) is 5.91 Å². The number of amides is 1. The van der Waals surface area contributed by atoms with E-state index in [1.807, 2.05) is 0 Å². The predicted molar refractivity (Wildman–Crippen MR) is 124 cm³/mol. The number of nitro groups is 1. The zero-order valence-corrected chi connectivity index (χ0v) is 18.4. The number of benzene rings is 3. The maximum Gasteiger partial charge on any atom is 0.312 e. The van der Waals surface area contributed by atoms with Crippen LogP contribution < -0.4 is 5.32 Å². The predicted octanol–water partition coefficient (Wildman–Crippen LogP) is 5.65. The normalized spacial score (nSPS) is 10.8. The Morgan fingerprint density at radius 1 is 1.06 bits per heavy atom. The maximum atomic E-state index is 14.6. The summed E-state index contributed by atoms with van der Waals surface area (Å²) in [6.45, 7) is 3.49. The first kappa shape index (κ1) is 22.8. The average Bonchev–Trinajstić information content (AvgIpc) is 3.09. The molecule has 0 radical (unpaired) electrons. The van der Waals surface area contributed by atoms with E-state index in [4.69, 9.17) is 0 Å². The lowest BCUT2D eigenvalue weighted by atomic mass is 10.0. The van der Waals surface area contributed by atoms with E-state index in [0.717, 1.165) is 11.6 Å². The van der Waals surface area contributed by atoms with Crippen LogP contribution >= 0.6 is 0 Å². The average molecular weight is 462 g/mol. The van der Waals surface area contributed by atoms with Gasteiger partial charge in [-0.15, -0.1) is 0 Å². The molecule has 0 fully saturated rings. The van der Waals surface area contributed by atoms with Crippen LogP contribution in [0.5, 0.6) is 0 Å². The van der Waals surface area contributed by atoms with Gasteiger partial charge in [-0.25, -0.2) is 8.78 Å². The van der Waals surface area contributed by atoms with E-state index in [-0.39, 0.29) is 29.0 Å². The van der Waals surface area contributed by atoms with Crippen LogP contribution in [0.2, 0.25) is 0 Å². The van der Waals surface area contributed by atoms with Crippen LogP contribution in [0, 0.1) is 35.6 Å². The molecular formula is C25H20F2N4O3. The van der Waals surface area contributed by atoms with E-state index in [1.165, 1.54) is 10.7 Å². The van der Waals surface area contributed by atoms with Gasteiger partial charge in [-0.1, -0.05) is 42.5 Å². The number of carbonyl (C=O) groups is 1. The number of halogens is 2. The second kappa shape index (κ2) is 9.22. The van der Waals surface area contributed by atoms with E-state index in [9.17, 15) is 23.7 Å². The molecule has 0 aliphatic carbocycles. The van der Waals surface area contributed by atoms with Crippen molar-refractivity contribution in [3.8, 4) is 11.1 Å². The van der Waals surface area contributed by atoms with Gasteiger partial charge in [-0.3, -0.25) is 19.6 Å². The summed E-state index contributed by atoms with van der Waals surface area (Å²) >= 11 is 0. The summed E-state index contributed by atoms with van der Waals surface area (Å²) in [7, 11) is 0. The van der Waals surface area contributed by atoms with Crippen molar-refractivity contribution in [1.29, 1.82) is 0 Å². The maximum absolute atomic E-state index is 14.6. The minimum Gasteiger partial charge on any atom is -0.319 e. The van der Waals surface area contributed by atoms with E-state index in [1.54, 1.807) is 68.4 Å². The molecule has 0 atom stereocenters. The van der Waals surface area contributed by atoms with Crippen molar-refractivity contribution in [1.82, 2.24) is 9.78 Å². The fourth-order valence-electron chi connectivity index (χ4n) is 3.77. The molecule has 1 aromatic heterocycles. The SMILES string of the molecule is Cc1nn(Cc2ccc(C(=O)Nc3c(F)cc(F)cc3-c3ccccc3)cc2)c(C)c1[N+](=O)[O-]. The topological polar surface area (TPSA) is 90.1 Å². The van der Waals surface area contributed by atoms with Crippen molar-refractivity contribution < 1.29 is 18.5 Å². The van der Waals surface area contributed by atoms with Crippen molar-refractivity contribution in [3.63, 3.8) is 0 Å². The van der Waals surface area contributed by atoms with Crippen LogP contribution in [-0.4, -0.2) is 20.6 Å². The summed E-state index contributed by atoms with van der Waals surface area (Å²) in [6, 6.07) is 17.0. The molecule has 172 valence electrons.